The highest BCUT2D eigenvalue weighted by atomic mass is 31.1. The summed E-state index contributed by atoms with van der Waals surface area (Å²) in [6.45, 7) is 7.84. The number of hydrazone groups is 1. The lowest BCUT2D eigenvalue weighted by Gasteiger charge is -2.29. The number of rotatable bonds is 13. The first-order valence-corrected chi connectivity index (χ1v) is 16.2. The number of carbonyl (C=O) groups is 6. The predicted molar refractivity (Wildman–Crippen MR) is 179 cm³/mol. The summed E-state index contributed by atoms with van der Waals surface area (Å²) >= 11 is 0. The van der Waals surface area contributed by atoms with E-state index in [0.29, 0.717) is 12.0 Å². The van der Waals surface area contributed by atoms with E-state index in [0.717, 1.165) is 0 Å². The lowest BCUT2D eigenvalue weighted by Crippen LogP contribution is -2.55. The van der Waals surface area contributed by atoms with Crippen LogP contribution in [0.2, 0.25) is 0 Å². The molecule has 1 aromatic rings. The molecule has 0 spiro atoms. The van der Waals surface area contributed by atoms with E-state index in [4.69, 9.17) is 10.5 Å². The van der Waals surface area contributed by atoms with Crippen LogP contribution in [0, 0.1) is 0 Å². The number of nitrogens with one attached hydrogen (secondary N) is 5. The SMILES string of the molecule is CCC[C@H](NC(=O)C1C[C@@H](N)CN1C(=O)OC(C)(C)C)C(=NNC(=O)NC(P)P)C(=O)NCC(=O)N[C@H](C(C)=O)c1ccccc1. The van der Waals surface area contributed by atoms with E-state index < -0.39 is 71.7 Å². The van der Waals surface area contributed by atoms with Crippen molar-refractivity contribution in [2.24, 2.45) is 10.8 Å². The molecule has 7 N–H and O–H groups in total. The molecule has 46 heavy (non-hydrogen) atoms. The number of ether oxygens (including phenoxy) is 1. The number of benzene rings is 1. The number of Topliss-reactive ketones (excluding diaryl/α,β-unsaturated/α-hetero) is 1. The van der Waals surface area contributed by atoms with Crippen molar-refractivity contribution in [1.82, 2.24) is 31.6 Å². The zero-order valence-electron chi connectivity index (χ0n) is 26.8. The van der Waals surface area contributed by atoms with E-state index in [2.05, 4.69) is 50.3 Å². The average molecular weight is 681 g/mol. The van der Waals surface area contributed by atoms with Gasteiger partial charge in [0.05, 0.1) is 18.1 Å². The molecule has 1 saturated heterocycles. The van der Waals surface area contributed by atoms with Gasteiger partial charge in [-0.1, -0.05) is 43.7 Å². The van der Waals surface area contributed by atoms with Gasteiger partial charge in [-0.25, -0.2) is 15.0 Å². The summed E-state index contributed by atoms with van der Waals surface area (Å²) in [5.41, 5.74) is 7.42. The Morgan fingerprint density at radius 1 is 1.07 bits per heavy atom. The third kappa shape index (κ3) is 12.6. The summed E-state index contributed by atoms with van der Waals surface area (Å²) in [5, 5.41) is 14.3. The Balaban J connectivity index is 2.27. The number of carbonyl (C=O) groups excluding carboxylic acids is 6. The second-order valence-electron chi connectivity index (χ2n) is 11.8. The van der Waals surface area contributed by atoms with Gasteiger partial charge >= 0.3 is 12.1 Å². The highest BCUT2D eigenvalue weighted by Gasteiger charge is 2.41. The summed E-state index contributed by atoms with van der Waals surface area (Å²) in [6, 6.07) is 4.49. The second-order valence-corrected chi connectivity index (χ2v) is 14.0. The van der Waals surface area contributed by atoms with Gasteiger partial charge < -0.3 is 31.7 Å². The zero-order valence-corrected chi connectivity index (χ0v) is 29.1. The van der Waals surface area contributed by atoms with Crippen molar-refractivity contribution in [2.45, 2.75) is 89.2 Å². The maximum Gasteiger partial charge on any atom is 0.411 e. The first-order chi connectivity index (χ1) is 21.5. The van der Waals surface area contributed by atoms with Gasteiger partial charge in [0.1, 0.15) is 23.4 Å². The Bertz CT molecular complexity index is 1290. The van der Waals surface area contributed by atoms with Gasteiger partial charge in [-0.15, -0.1) is 18.5 Å². The Morgan fingerprint density at radius 2 is 1.72 bits per heavy atom. The van der Waals surface area contributed by atoms with E-state index in [9.17, 15) is 28.8 Å². The summed E-state index contributed by atoms with van der Waals surface area (Å²) in [6.07, 6.45) is 0.161. The molecule has 1 aliphatic rings. The Morgan fingerprint density at radius 3 is 2.28 bits per heavy atom. The Hall–Kier alpha value is -3.67. The number of likely N-dealkylation sites (tertiary alicyclic amines) is 1. The summed E-state index contributed by atoms with van der Waals surface area (Å²) in [4.78, 5) is 78.4. The van der Waals surface area contributed by atoms with Crippen LogP contribution in [0.15, 0.2) is 35.4 Å². The van der Waals surface area contributed by atoms with Gasteiger partial charge in [-0.3, -0.25) is 24.1 Å². The lowest BCUT2D eigenvalue weighted by molar-refractivity contribution is -0.127. The van der Waals surface area contributed by atoms with Crippen molar-refractivity contribution in [2.75, 3.05) is 13.1 Å². The first-order valence-electron chi connectivity index (χ1n) is 14.9. The summed E-state index contributed by atoms with van der Waals surface area (Å²) in [5.74, 6) is -2.40. The number of urea groups is 1. The fraction of sp³-hybridized carbons (Fsp3) is 0.552. The van der Waals surface area contributed by atoms with Crippen molar-refractivity contribution in [3.8, 4) is 0 Å². The molecule has 15 nitrogen and oxygen atoms in total. The van der Waals surface area contributed by atoms with Crippen LogP contribution >= 0.6 is 18.5 Å². The minimum Gasteiger partial charge on any atom is -0.444 e. The molecule has 17 heteroatoms. The molecule has 6 amide bonds. The molecule has 0 saturated carbocycles. The maximum absolute atomic E-state index is 13.5. The van der Waals surface area contributed by atoms with Crippen molar-refractivity contribution in [1.29, 1.82) is 0 Å². The predicted octanol–water partition coefficient (Wildman–Crippen LogP) is 0.860. The molecule has 3 unspecified atom stereocenters. The maximum atomic E-state index is 13.5. The van der Waals surface area contributed by atoms with Gasteiger partial charge in [-0.05, 0) is 46.1 Å². The monoisotopic (exact) mass is 680 g/mol. The molecule has 0 bridgehead atoms. The van der Waals surface area contributed by atoms with Gasteiger partial charge in [-0.2, -0.15) is 5.10 Å². The van der Waals surface area contributed by atoms with E-state index >= 15 is 0 Å². The lowest BCUT2D eigenvalue weighted by atomic mass is 10.0. The first kappa shape index (κ1) is 38.5. The third-order valence-electron chi connectivity index (χ3n) is 6.55. The molecular weight excluding hydrogens is 634 g/mol. The standard InChI is InChI=1S/C29H46N8O7P2/c1-6-10-19(32-24(40)20-13-18(30)15-37(20)28(43)44-29(3,4)5)23(35-36-26(42)34-27(45)46)25(41)31-14-21(39)33-22(16(2)38)17-11-8-7-9-12-17/h7-9,11-12,18-20,22,27H,6,10,13-15,30,45-46H2,1-5H3,(H,31,41)(H,32,40)(H,33,39)(H2,34,36,42)/t18-,19+,20?,22-/m1/s1. The third-order valence-corrected chi connectivity index (χ3v) is 6.88. The molecule has 0 radical (unpaired) electrons. The van der Waals surface area contributed by atoms with E-state index in [-0.39, 0.29) is 30.9 Å². The molecule has 1 aliphatic heterocycles. The Labute approximate surface area is 273 Å². The number of nitrogens with zero attached hydrogens (tertiary/aromatic N) is 2. The van der Waals surface area contributed by atoms with E-state index in [1.807, 2.05) is 6.92 Å². The van der Waals surface area contributed by atoms with Crippen molar-refractivity contribution in [3.05, 3.63) is 35.9 Å². The van der Waals surface area contributed by atoms with Crippen LogP contribution in [0.1, 0.15) is 65.5 Å². The van der Waals surface area contributed by atoms with Crippen LogP contribution in [0.25, 0.3) is 0 Å². The highest BCUT2D eigenvalue weighted by Crippen LogP contribution is 2.21. The quantitative estimate of drug-likeness (QED) is 0.0997. The van der Waals surface area contributed by atoms with Crippen LogP contribution in [0.5, 0.6) is 0 Å². The fourth-order valence-corrected chi connectivity index (χ4v) is 4.89. The van der Waals surface area contributed by atoms with E-state index in [1.165, 1.54) is 11.8 Å². The normalized spacial score (nSPS) is 17.8. The summed E-state index contributed by atoms with van der Waals surface area (Å²) < 4.78 is 5.46. The van der Waals surface area contributed by atoms with Crippen molar-refractivity contribution >= 4 is 59.8 Å². The minimum absolute atomic E-state index is 0.0964. The highest BCUT2D eigenvalue weighted by molar-refractivity contribution is 7.37. The largest absolute Gasteiger partial charge is 0.444 e. The molecule has 254 valence electrons. The van der Waals surface area contributed by atoms with Gasteiger partial charge in [0.15, 0.2) is 5.78 Å². The molecule has 2 rings (SSSR count). The molecule has 0 aliphatic carbocycles. The molecule has 1 fully saturated rings. The fourth-order valence-electron chi connectivity index (χ4n) is 4.58. The molecule has 1 heterocycles. The van der Waals surface area contributed by atoms with Crippen LogP contribution in [-0.2, 0) is 23.9 Å². The zero-order chi connectivity index (χ0) is 34.6. The topological polar surface area (TPSA) is 213 Å². The second kappa shape index (κ2) is 17.9. The number of hydrogen-bond acceptors (Lipinski definition) is 9. The summed E-state index contributed by atoms with van der Waals surface area (Å²) in [7, 11) is 4.69. The number of ketones is 1. The van der Waals surface area contributed by atoms with Crippen molar-refractivity contribution < 1.29 is 33.5 Å². The van der Waals surface area contributed by atoms with E-state index in [1.54, 1.807) is 51.1 Å². The molecule has 1 aromatic carbocycles. The van der Waals surface area contributed by atoms with Gasteiger partial charge in [0, 0.05) is 12.6 Å². The Kier molecular flexibility index (Phi) is 15.0. The van der Waals surface area contributed by atoms with Crippen LogP contribution in [-0.4, -0.2) is 88.6 Å². The minimum atomic E-state index is -1.03. The number of nitrogens with two attached hydrogens (primary N) is 1. The van der Waals surface area contributed by atoms with Gasteiger partial charge in [0.25, 0.3) is 5.91 Å². The molecular formula is C29H46N8O7P2. The van der Waals surface area contributed by atoms with Crippen LogP contribution in [0.4, 0.5) is 9.59 Å². The van der Waals surface area contributed by atoms with Crippen molar-refractivity contribution in [3.63, 3.8) is 0 Å². The molecule has 0 aromatic heterocycles. The smallest absolute Gasteiger partial charge is 0.411 e. The average Bonchev–Trinajstić information content (AvgIpc) is 3.36. The van der Waals surface area contributed by atoms with Crippen LogP contribution < -0.4 is 32.4 Å². The number of hydrogen-bond donors (Lipinski definition) is 6. The molecule has 6 atom stereocenters. The number of amides is 6. The van der Waals surface area contributed by atoms with Crippen LogP contribution in [0.3, 0.4) is 0 Å². The van der Waals surface area contributed by atoms with Gasteiger partial charge in [0.2, 0.25) is 11.8 Å².